The minimum absolute atomic E-state index is 0.0381. The molecule has 19 heavy (non-hydrogen) atoms. The maximum atomic E-state index is 13.3. The molecule has 0 amide bonds. The summed E-state index contributed by atoms with van der Waals surface area (Å²) in [4.78, 5) is 0.192. The summed E-state index contributed by atoms with van der Waals surface area (Å²) in [6.45, 7) is 0. The van der Waals surface area contributed by atoms with Crippen molar-refractivity contribution in [2.24, 2.45) is 5.73 Å². The zero-order chi connectivity index (χ0) is 14.0. The molecular formula is C13H8BrClFNOS. The molecule has 0 aliphatic heterocycles. The minimum atomic E-state index is -0.550. The van der Waals surface area contributed by atoms with Crippen LogP contribution in [0, 0.1) is 5.82 Å². The molecule has 2 N–H and O–H groups in total. The van der Waals surface area contributed by atoms with E-state index in [9.17, 15) is 4.39 Å². The first-order valence-electron chi connectivity index (χ1n) is 5.20. The Morgan fingerprint density at radius 2 is 2.05 bits per heavy atom. The van der Waals surface area contributed by atoms with Gasteiger partial charge in [-0.05, 0) is 40.2 Å². The van der Waals surface area contributed by atoms with Crippen LogP contribution in [0.1, 0.15) is 5.56 Å². The summed E-state index contributed by atoms with van der Waals surface area (Å²) >= 11 is 13.9. The number of halogens is 3. The second kappa shape index (κ2) is 5.86. The van der Waals surface area contributed by atoms with Crippen molar-refractivity contribution < 1.29 is 9.13 Å². The van der Waals surface area contributed by atoms with Gasteiger partial charge in [0.15, 0.2) is 0 Å². The van der Waals surface area contributed by atoms with Gasteiger partial charge in [0.05, 0.1) is 10.6 Å². The van der Waals surface area contributed by atoms with E-state index in [1.165, 1.54) is 12.1 Å². The van der Waals surface area contributed by atoms with E-state index in [2.05, 4.69) is 15.9 Å². The van der Waals surface area contributed by atoms with E-state index in [1.807, 2.05) is 0 Å². The molecule has 0 unspecified atom stereocenters. The predicted octanol–water partition coefficient (Wildman–Crippen LogP) is 4.67. The standard InChI is InChI=1S/C13H8BrClFNOS/c14-8-2-1-3-11(12(8)13(17)19)18-7-4-5-9(15)10(16)6-7/h1-6H,(H2,17,19). The van der Waals surface area contributed by atoms with E-state index in [-0.39, 0.29) is 10.0 Å². The van der Waals surface area contributed by atoms with Gasteiger partial charge in [0.2, 0.25) is 0 Å². The van der Waals surface area contributed by atoms with Crippen molar-refractivity contribution >= 4 is 44.7 Å². The molecule has 0 saturated heterocycles. The fourth-order valence-electron chi connectivity index (χ4n) is 1.50. The summed E-state index contributed by atoms with van der Waals surface area (Å²) in [5.41, 5.74) is 6.21. The quantitative estimate of drug-likeness (QED) is 0.808. The number of benzene rings is 2. The number of hydrogen-bond donors (Lipinski definition) is 1. The van der Waals surface area contributed by atoms with E-state index in [4.69, 9.17) is 34.3 Å². The van der Waals surface area contributed by atoms with Gasteiger partial charge in [-0.3, -0.25) is 0 Å². The van der Waals surface area contributed by atoms with Gasteiger partial charge in [-0.25, -0.2) is 4.39 Å². The van der Waals surface area contributed by atoms with Crippen LogP contribution in [0.2, 0.25) is 5.02 Å². The maximum absolute atomic E-state index is 13.3. The second-order valence-corrected chi connectivity index (χ2v) is 5.36. The van der Waals surface area contributed by atoms with Crippen LogP contribution in [-0.2, 0) is 0 Å². The highest BCUT2D eigenvalue weighted by Crippen LogP contribution is 2.31. The summed E-state index contributed by atoms with van der Waals surface area (Å²) in [5, 5.41) is 0.0381. The maximum Gasteiger partial charge on any atom is 0.145 e. The highest BCUT2D eigenvalue weighted by Gasteiger charge is 2.12. The topological polar surface area (TPSA) is 35.2 Å². The number of ether oxygens (including phenoxy) is 1. The molecule has 2 aromatic rings. The number of hydrogen-bond acceptors (Lipinski definition) is 2. The molecule has 0 aliphatic carbocycles. The lowest BCUT2D eigenvalue weighted by Crippen LogP contribution is -2.11. The fraction of sp³-hybridized carbons (Fsp3) is 0. The van der Waals surface area contributed by atoms with E-state index in [1.54, 1.807) is 24.3 Å². The van der Waals surface area contributed by atoms with Crippen molar-refractivity contribution in [3.05, 3.63) is 57.3 Å². The van der Waals surface area contributed by atoms with Crippen molar-refractivity contribution in [3.63, 3.8) is 0 Å². The van der Waals surface area contributed by atoms with Gasteiger partial charge in [0, 0.05) is 10.5 Å². The molecule has 0 bridgehead atoms. The molecule has 0 saturated carbocycles. The van der Waals surface area contributed by atoms with Crippen molar-refractivity contribution in [2.45, 2.75) is 0 Å². The molecule has 0 spiro atoms. The second-order valence-electron chi connectivity index (χ2n) is 3.66. The normalized spacial score (nSPS) is 10.3. The first-order valence-corrected chi connectivity index (χ1v) is 6.78. The molecule has 98 valence electrons. The molecular weight excluding hydrogens is 353 g/mol. The molecule has 0 aliphatic rings. The zero-order valence-corrected chi connectivity index (χ0v) is 12.7. The van der Waals surface area contributed by atoms with Crippen molar-refractivity contribution in [1.82, 2.24) is 0 Å². The first kappa shape index (κ1) is 14.2. The Bertz CT molecular complexity index is 651. The van der Waals surface area contributed by atoms with E-state index in [0.717, 1.165) is 0 Å². The van der Waals surface area contributed by atoms with E-state index < -0.39 is 5.82 Å². The third-order valence-corrected chi connectivity index (χ3v) is 3.51. The van der Waals surface area contributed by atoms with Gasteiger partial charge in [-0.1, -0.05) is 29.9 Å². The summed E-state index contributed by atoms with van der Waals surface area (Å²) in [6.07, 6.45) is 0. The molecule has 0 aromatic heterocycles. The van der Waals surface area contributed by atoms with Crippen molar-refractivity contribution in [2.75, 3.05) is 0 Å². The van der Waals surface area contributed by atoms with Crippen molar-refractivity contribution in [3.8, 4) is 11.5 Å². The lowest BCUT2D eigenvalue weighted by atomic mass is 10.2. The molecule has 0 fully saturated rings. The smallest absolute Gasteiger partial charge is 0.145 e. The Kier molecular flexibility index (Phi) is 4.39. The minimum Gasteiger partial charge on any atom is -0.456 e. The SMILES string of the molecule is NC(=S)c1c(Br)cccc1Oc1ccc(Cl)c(F)c1. The van der Waals surface area contributed by atoms with Crippen LogP contribution in [0.5, 0.6) is 11.5 Å². The highest BCUT2D eigenvalue weighted by atomic mass is 79.9. The third kappa shape index (κ3) is 3.23. The van der Waals surface area contributed by atoms with Crippen LogP contribution < -0.4 is 10.5 Å². The Morgan fingerprint density at radius 3 is 2.68 bits per heavy atom. The Morgan fingerprint density at radius 1 is 1.32 bits per heavy atom. The van der Waals surface area contributed by atoms with Gasteiger partial charge in [0.1, 0.15) is 22.3 Å². The monoisotopic (exact) mass is 359 g/mol. The number of nitrogens with two attached hydrogens (primary N) is 1. The third-order valence-electron chi connectivity index (χ3n) is 2.34. The van der Waals surface area contributed by atoms with Gasteiger partial charge in [-0.2, -0.15) is 0 Å². The molecule has 2 rings (SSSR count). The van der Waals surface area contributed by atoms with Crippen LogP contribution in [-0.4, -0.2) is 4.99 Å². The largest absolute Gasteiger partial charge is 0.456 e. The van der Waals surface area contributed by atoms with Crippen LogP contribution in [0.15, 0.2) is 40.9 Å². The van der Waals surface area contributed by atoms with E-state index in [0.29, 0.717) is 21.5 Å². The lowest BCUT2D eigenvalue weighted by Gasteiger charge is -2.12. The number of rotatable bonds is 3. The summed E-state index contributed by atoms with van der Waals surface area (Å²) in [6, 6.07) is 9.45. The summed E-state index contributed by atoms with van der Waals surface area (Å²) < 4.78 is 19.7. The molecule has 6 heteroatoms. The van der Waals surface area contributed by atoms with Crippen molar-refractivity contribution in [1.29, 1.82) is 0 Å². The lowest BCUT2D eigenvalue weighted by molar-refractivity contribution is 0.475. The zero-order valence-electron chi connectivity index (χ0n) is 9.49. The Hall–Kier alpha value is -1.17. The van der Waals surface area contributed by atoms with Gasteiger partial charge in [-0.15, -0.1) is 0 Å². The fourth-order valence-corrected chi connectivity index (χ4v) is 2.52. The average molecular weight is 361 g/mol. The summed E-state index contributed by atoms with van der Waals surface area (Å²) in [5.74, 6) is 0.215. The van der Waals surface area contributed by atoms with Gasteiger partial charge in [0.25, 0.3) is 0 Å². The Labute approximate surface area is 128 Å². The van der Waals surface area contributed by atoms with Gasteiger partial charge < -0.3 is 10.5 Å². The molecule has 0 atom stereocenters. The molecule has 0 radical (unpaired) electrons. The van der Waals surface area contributed by atoms with E-state index >= 15 is 0 Å². The van der Waals surface area contributed by atoms with Crippen LogP contribution in [0.3, 0.4) is 0 Å². The molecule has 2 nitrogen and oxygen atoms in total. The first-order chi connectivity index (χ1) is 8.99. The number of thiocarbonyl (C=S) groups is 1. The summed E-state index contributed by atoms with van der Waals surface area (Å²) in [7, 11) is 0. The van der Waals surface area contributed by atoms with Gasteiger partial charge >= 0.3 is 0 Å². The Balaban J connectivity index is 2.40. The predicted molar refractivity (Wildman–Crippen MR) is 81.5 cm³/mol. The van der Waals surface area contributed by atoms with Crippen LogP contribution in [0.25, 0.3) is 0 Å². The average Bonchev–Trinajstić information content (AvgIpc) is 2.33. The highest BCUT2D eigenvalue weighted by molar-refractivity contribution is 9.10. The molecule has 2 aromatic carbocycles. The van der Waals surface area contributed by atoms with Crippen LogP contribution in [0.4, 0.5) is 4.39 Å². The molecule has 0 heterocycles. The van der Waals surface area contributed by atoms with Crippen LogP contribution >= 0.6 is 39.7 Å².